The lowest BCUT2D eigenvalue weighted by Crippen LogP contribution is -2.28. The average Bonchev–Trinajstić information content (AvgIpc) is 3.18. The van der Waals surface area contributed by atoms with E-state index in [2.05, 4.69) is 9.88 Å². The number of pyridine rings is 1. The van der Waals surface area contributed by atoms with E-state index in [-0.39, 0.29) is 0 Å². The molecule has 2 saturated carbocycles. The molecule has 2 fully saturated rings. The average molecular weight is 285 g/mol. The molecule has 0 radical (unpaired) electrons. The van der Waals surface area contributed by atoms with E-state index < -0.39 is 0 Å². The van der Waals surface area contributed by atoms with Crippen LogP contribution in [0.15, 0.2) is 12.1 Å². The van der Waals surface area contributed by atoms with Crippen LogP contribution in [0.25, 0.3) is 0 Å². The Hall–Kier alpha value is -0.310. The summed E-state index contributed by atoms with van der Waals surface area (Å²) in [4.78, 5) is 6.67. The monoisotopic (exact) mass is 284 g/mol. The fraction of sp³-hybridized carbons (Fsp3) is 0.643. The lowest BCUT2D eigenvalue weighted by Gasteiger charge is -2.22. The quantitative estimate of drug-likeness (QED) is 0.734. The van der Waals surface area contributed by atoms with Crippen LogP contribution in [0.5, 0.6) is 0 Å². The molecule has 0 atom stereocenters. The summed E-state index contributed by atoms with van der Waals surface area (Å²) < 4.78 is 0. The van der Waals surface area contributed by atoms with Gasteiger partial charge >= 0.3 is 0 Å². The largest absolute Gasteiger partial charge is 0.298 e. The second-order valence-electron chi connectivity index (χ2n) is 5.66. The van der Waals surface area contributed by atoms with Gasteiger partial charge in [-0.3, -0.25) is 4.90 Å². The first-order valence-corrected chi connectivity index (χ1v) is 7.49. The van der Waals surface area contributed by atoms with Crippen molar-refractivity contribution >= 4 is 23.2 Å². The Bertz CT molecular complexity index is 414. The van der Waals surface area contributed by atoms with Gasteiger partial charge in [0.1, 0.15) is 10.3 Å². The summed E-state index contributed by atoms with van der Waals surface area (Å²) >= 11 is 12.0. The first kappa shape index (κ1) is 12.7. The van der Waals surface area contributed by atoms with Crippen molar-refractivity contribution in [2.45, 2.75) is 32.2 Å². The van der Waals surface area contributed by atoms with E-state index in [9.17, 15) is 0 Å². The molecule has 2 nitrogen and oxygen atoms in total. The Labute approximate surface area is 118 Å². The highest BCUT2D eigenvalue weighted by Crippen LogP contribution is 2.34. The summed E-state index contributed by atoms with van der Waals surface area (Å²) in [5, 5.41) is 1.03. The van der Waals surface area contributed by atoms with Crippen LogP contribution in [0.1, 0.15) is 31.2 Å². The van der Waals surface area contributed by atoms with E-state index in [4.69, 9.17) is 23.2 Å². The predicted molar refractivity (Wildman–Crippen MR) is 75.0 cm³/mol. The first-order valence-electron chi connectivity index (χ1n) is 6.74. The topological polar surface area (TPSA) is 16.1 Å². The van der Waals surface area contributed by atoms with E-state index in [1.165, 1.54) is 38.8 Å². The van der Waals surface area contributed by atoms with Gasteiger partial charge in [-0.15, -0.1) is 0 Å². The van der Waals surface area contributed by atoms with E-state index in [1.807, 2.05) is 12.1 Å². The van der Waals surface area contributed by atoms with Gasteiger partial charge < -0.3 is 0 Å². The first-order chi connectivity index (χ1) is 8.70. The third kappa shape index (κ3) is 3.59. The van der Waals surface area contributed by atoms with Crippen molar-refractivity contribution in [1.82, 2.24) is 9.88 Å². The van der Waals surface area contributed by atoms with Crippen molar-refractivity contribution in [1.29, 1.82) is 0 Å². The van der Waals surface area contributed by atoms with Crippen LogP contribution in [0.2, 0.25) is 10.3 Å². The van der Waals surface area contributed by atoms with Gasteiger partial charge in [0, 0.05) is 25.2 Å². The lowest BCUT2D eigenvalue weighted by atomic mass is 10.2. The maximum Gasteiger partial charge on any atom is 0.135 e. The zero-order valence-electron chi connectivity index (χ0n) is 10.4. The Kier molecular flexibility index (Phi) is 3.78. The molecule has 0 N–H and O–H groups in total. The van der Waals surface area contributed by atoms with Gasteiger partial charge in [-0.25, -0.2) is 4.98 Å². The highest BCUT2D eigenvalue weighted by molar-refractivity contribution is 6.32. The van der Waals surface area contributed by atoms with Gasteiger partial charge in [0.05, 0.1) is 0 Å². The molecule has 1 heterocycles. The molecule has 0 aliphatic heterocycles. The summed E-state index contributed by atoms with van der Waals surface area (Å²) in [6.07, 6.45) is 5.59. The van der Waals surface area contributed by atoms with Gasteiger partial charge in [0.25, 0.3) is 0 Å². The Morgan fingerprint density at radius 2 is 1.67 bits per heavy atom. The molecule has 98 valence electrons. The van der Waals surface area contributed by atoms with E-state index >= 15 is 0 Å². The highest BCUT2D eigenvalue weighted by atomic mass is 35.5. The van der Waals surface area contributed by atoms with Crippen LogP contribution in [0, 0.1) is 11.8 Å². The molecule has 1 aromatic rings. The van der Waals surface area contributed by atoms with Crippen LogP contribution in [-0.2, 0) is 6.54 Å². The molecule has 0 saturated heterocycles. The van der Waals surface area contributed by atoms with Gasteiger partial charge in [0.15, 0.2) is 0 Å². The number of rotatable bonds is 6. The molecule has 18 heavy (non-hydrogen) atoms. The van der Waals surface area contributed by atoms with Crippen LogP contribution in [0.4, 0.5) is 0 Å². The standard InChI is InChI=1S/C14H18Cl2N2/c15-13-6-5-12(14(16)17-13)9-18(7-10-1-2-10)8-11-3-4-11/h5-6,10-11H,1-4,7-9H2. The molecule has 0 bridgehead atoms. The molecular weight excluding hydrogens is 267 g/mol. The maximum atomic E-state index is 6.16. The van der Waals surface area contributed by atoms with Crippen LogP contribution in [-0.4, -0.2) is 23.0 Å². The van der Waals surface area contributed by atoms with E-state index in [1.54, 1.807) is 0 Å². The molecule has 0 aromatic carbocycles. The second-order valence-corrected chi connectivity index (χ2v) is 6.41. The Morgan fingerprint density at radius 3 is 2.17 bits per heavy atom. The number of hydrogen-bond acceptors (Lipinski definition) is 2. The van der Waals surface area contributed by atoms with Crippen LogP contribution in [0.3, 0.4) is 0 Å². The van der Waals surface area contributed by atoms with Crippen molar-refractivity contribution in [3.05, 3.63) is 28.0 Å². The van der Waals surface area contributed by atoms with Crippen molar-refractivity contribution in [3.63, 3.8) is 0 Å². The number of nitrogens with zero attached hydrogens (tertiary/aromatic N) is 2. The van der Waals surface area contributed by atoms with Crippen molar-refractivity contribution in [3.8, 4) is 0 Å². The van der Waals surface area contributed by atoms with Crippen LogP contribution < -0.4 is 0 Å². The fourth-order valence-corrected chi connectivity index (χ4v) is 2.74. The minimum Gasteiger partial charge on any atom is -0.298 e. The number of hydrogen-bond donors (Lipinski definition) is 0. The van der Waals surface area contributed by atoms with Gasteiger partial charge in [-0.05, 0) is 43.6 Å². The third-order valence-corrected chi connectivity index (χ3v) is 4.25. The van der Waals surface area contributed by atoms with Gasteiger partial charge in [0.2, 0.25) is 0 Å². The fourth-order valence-electron chi connectivity index (χ4n) is 2.33. The molecule has 2 aliphatic rings. The summed E-state index contributed by atoms with van der Waals surface area (Å²) in [5.74, 6) is 1.84. The minimum absolute atomic E-state index is 0.472. The summed E-state index contributed by atoms with van der Waals surface area (Å²) in [5.41, 5.74) is 1.10. The lowest BCUT2D eigenvalue weighted by molar-refractivity contribution is 0.244. The van der Waals surface area contributed by atoms with Crippen molar-refractivity contribution in [2.75, 3.05) is 13.1 Å². The smallest absolute Gasteiger partial charge is 0.135 e. The molecule has 2 aliphatic carbocycles. The van der Waals surface area contributed by atoms with E-state index in [0.29, 0.717) is 10.3 Å². The third-order valence-electron chi connectivity index (χ3n) is 3.71. The Balaban J connectivity index is 1.65. The van der Waals surface area contributed by atoms with Gasteiger partial charge in [-0.2, -0.15) is 0 Å². The molecule has 4 heteroatoms. The van der Waals surface area contributed by atoms with Crippen molar-refractivity contribution < 1.29 is 0 Å². The molecule has 0 spiro atoms. The molecule has 0 amide bonds. The SMILES string of the molecule is Clc1ccc(CN(CC2CC2)CC2CC2)c(Cl)n1. The van der Waals surface area contributed by atoms with Crippen molar-refractivity contribution in [2.24, 2.45) is 11.8 Å². The van der Waals surface area contributed by atoms with Crippen LogP contribution >= 0.6 is 23.2 Å². The molecular formula is C14H18Cl2N2. The normalized spacial score (nSPS) is 19.5. The van der Waals surface area contributed by atoms with E-state index in [0.717, 1.165) is 23.9 Å². The predicted octanol–water partition coefficient (Wildman–Crippen LogP) is 4.01. The minimum atomic E-state index is 0.472. The molecule has 0 unspecified atom stereocenters. The summed E-state index contributed by atoms with van der Waals surface area (Å²) in [6.45, 7) is 3.35. The molecule has 1 aromatic heterocycles. The summed E-state index contributed by atoms with van der Waals surface area (Å²) in [6, 6.07) is 3.83. The summed E-state index contributed by atoms with van der Waals surface area (Å²) in [7, 11) is 0. The Morgan fingerprint density at radius 1 is 1.06 bits per heavy atom. The zero-order valence-corrected chi connectivity index (χ0v) is 11.9. The van der Waals surface area contributed by atoms with Gasteiger partial charge in [-0.1, -0.05) is 29.3 Å². The maximum absolute atomic E-state index is 6.16. The number of aromatic nitrogens is 1. The highest BCUT2D eigenvalue weighted by Gasteiger charge is 2.29. The number of halogens is 2. The molecule has 3 rings (SSSR count). The second kappa shape index (κ2) is 5.36. The zero-order chi connectivity index (χ0) is 12.5.